The van der Waals surface area contributed by atoms with Gasteiger partial charge in [0.25, 0.3) is 0 Å². The van der Waals surface area contributed by atoms with Gasteiger partial charge in [-0.25, -0.2) is 4.39 Å². The summed E-state index contributed by atoms with van der Waals surface area (Å²) in [5.74, 6) is 5.44. The van der Waals surface area contributed by atoms with Gasteiger partial charge in [-0.05, 0) is 39.7 Å². The lowest BCUT2D eigenvalue weighted by atomic mass is 9.98. The molecule has 0 saturated heterocycles. The van der Waals surface area contributed by atoms with Gasteiger partial charge in [0, 0.05) is 5.56 Å². The van der Waals surface area contributed by atoms with Gasteiger partial charge in [-0.3, -0.25) is 0 Å². The van der Waals surface area contributed by atoms with Gasteiger partial charge >= 0.3 is 0 Å². The van der Waals surface area contributed by atoms with Crippen molar-refractivity contribution in [1.29, 1.82) is 0 Å². The van der Waals surface area contributed by atoms with Crippen LogP contribution in [0.3, 0.4) is 0 Å². The number of hydrogen-bond donors (Lipinski definition) is 0. The van der Waals surface area contributed by atoms with Crippen LogP contribution < -0.4 is 0 Å². The van der Waals surface area contributed by atoms with Crippen LogP contribution in [0, 0.1) is 18.8 Å². The van der Waals surface area contributed by atoms with E-state index >= 15 is 0 Å². The highest BCUT2D eigenvalue weighted by Crippen LogP contribution is 2.26. The molecule has 3 heteroatoms. The lowest BCUT2D eigenvalue weighted by molar-refractivity contribution is 0.220. The van der Waals surface area contributed by atoms with Gasteiger partial charge in [0.05, 0.1) is 5.69 Å². The monoisotopic (exact) mass is 192 g/mol. The van der Waals surface area contributed by atoms with Gasteiger partial charge in [-0.1, -0.05) is 5.92 Å². The van der Waals surface area contributed by atoms with E-state index < -0.39 is 5.67 Å². The Labute approximate surface area is 83.6 Å². The van der Waals surface area contributed by atoms with Crippen molar-refractivity contribution < 1.29 is 4.39 Å². The summed E-state index contributed by atoms with van der Waals surface area (Å²) in [6, 6.07) is 1.69. The second-order valence-electron chi connectivity index (χ2n) is 3.60. The van der Waals surface area contributed by atoms with Crippen LogP contribution >= 0.6 is 0 Å². The zero-order valence-electron chi connectivity index (χ0n) is 8.85. The van der Waals surface area contributed by atoms with Crippen molar-refractivity contribution in [3.05, 3.63) is 23.0 Å². The van der Waals surface area contributed by atoms with Crippen LogP contribution in [-0.4, -0.2) is 10.2 Å². The SMILES string of the molecule is CC#Cc1nnc(C)cc1C(C)(C)F. The van der Waals surface area contributed by atoms with E-state index in [0.717, 1.165) is 0 Å². The van der Waals surface area contributed by atoms with Crippen molar-refractivity contribution in [2.75, 3.05) is 0 Å². The Balaban J connectivity index is 3.35. The number of nitrogens with zero attached hydrogens (tertiary/aromatic N) is 2. The van der Waals surface area contributed by atoms with Gasteiger partial charge in [0.1, 0.15) is 11.4 Å². The first-order valence-corrected chi connectivity index (χ1v) is 4.41. The summed E-state index contributed by atoms with van der Waals surface area (Å²) < 4.78 is 13.7. The first-order valence-electron chi connectivity index (χ1n) is 4.41. The molecule has 14 heavy (non-hydrogen) atoms. The fourth-order valence-electron chi connectivity index (χ4n) is 1.15. The maximum Gasteiger partial charge on any atom is 0.142 e. The van der Waals surface area contributed by atoms with Crippen LogP contribution in [0.1, 0.15) is 37.7 Å². The molecule has 0 fully saturated rings. The van der Waals surface area contributed by atoms with Crippen LogP contribution in [-0.2, 0) is 5.67 Å². The van der Waals surface area contributed by atoms with Gasteiger partial charge < -0.3 is 0 Å². The Morgan fingerprint density at radius 1 is 1.36 bits per heavy atom. The number of aromatic nitrogens is 2. The smallest absolute Gasteiger partial charge is 0.142 e. The topological polar surface area (TPSA) is 25.8 Å². The normalized spacial score (nSPS) is 10.6. The minimum absolute atomic E-state index is 0.422. The van der Waals surface area contributed by atoms with E-state index in [2.05, 4.69) is 22.0 Å². The van der Waals surface area contributed by atoms with Gasteiger partial charge in [-0.2, -0.15) is 5.10 Å². The molecule has 0 spiro atoms. The molecule has 1 heterocycles. The fourth-order valence-corrected chi connectivity index (χ4v) is 1.15. The zero-order chi connectivity index (χ0) is 10.8. The Hall–Kier alpha value is -1.43. The summed E-state index contributed by atoms with van der Waals surface area (Å²) in [4.78, 5) is 0. The Kier molecular flexibility index (Phi) is 2.85. The number of hydrogen-bond acceptors (Lipinski definition) is 2. The molecular weight excluding hydrogens is 179 g/mol. The molecule has 0 atom stereocenters. The Morgan fingerprint density at radius 2 is 2.00 bits per heavy atom. The third kappa shape index (κ3) is 2.29. The fraction of sp³-hybridized carbons (Fsp3) is 0.455. The van der Waals surface area contributed by atoms with Crippen LogP contribution in [0.25, 0.3) is 0 Å². The molecule has 0 radical (unpaired) electrons. The average Bonchev–Trinajstić information content (AvgIpc) is 2.07. The van der Waals surface area contributed by atoms with Crippen molar-refractivity contribution in [2.24, 2.45) is 0 Å². The Bertz CT molecular complexity index is 394. The summed E-state index contributed by atoms with van der Waals surface area (Å²) in [7, 11) is 0. The average molecular weight is 192 g/mol. The van der Waals surface area contributed by atoms with E-state index in [9.17, 15) is 4.39 Å². The third-order valence-electron chi connectivity index (χ3n) is 1.80. The molecule has 74 valence electrons. The maximum atomic E-state index is 13.7. The first kappa shape index (κ1) is 10.6. The second-order valence-corrected chi connectivity index (χ2v) is 3.60. The van der Waals surface area contributed by atoms with E-state index in [-0.39, 0.29) is 0 Å². The van der Waals surface area contributed by atoms with E-state index in [1.165, 1.54) is 13.8 Å². The lowest BCUT2D eigenvalue weighted by Crippen LogP contribution is -2.13. The van der Waals surface area contributed by atoms with Crippen molar-refractivity contribution in [1.82, 2.24) is 10.2 Å². The third-order valence-corrected chi connectivity index (χ3v) is 1.80. The molecule has 1 aromatic rings. The minimum atomic E-state index is -1.43. The number of rotatable bonds is 1. The van der Waals surface area contributed by atoms with Crippen LogP contribution in [0.4, 0.5) is 4.39 Å². The van der Waals surface area contributed by atoms with Crippen molar-refractivity contribution in [3.8, 4) is 11.8 Å². The molecule has 0 saturated carbocycles. The Morgan fingerprint density at radius 3 is 2.50 bits per heavy atom. The van der Waals surface area contributed by atoms with Crippen LogP contribution in [0.2, 0.25) is 0 Å². The second kappa shape index (κ2) is 3.75. The van der Waals surface area contributed by atoms with E-state index in [1.54, 1.807) is 19.9 Å². The molecule has 0 aliphatic rings. The predicted octanol–water partition coefficient (Wildman–Crippen LogP) is 2.36. The molecule has 2 nitrogen and oxygen atoms in total. The van der Waals surface area contributed by atoms with Crippen molar-refractivity contribution in [2.45, 2.75) is 33.4 Å². The highest BCUT2D eigenvalue weighted by Gasteiger charge is 2.23. The first-order chi connectivity index (χ1) is 6.45. The van der Waals surface area contributed by atoms with E-state index in [4.69, 9.17) is 0 Å². The molecule has 0 aromatic carbocycles. The summed E-state index contributed by atoms with van der Waals surface area (Å²) in [5, 5.41) is 7.72. The molecule has 0 aliphatic heterocycles. The molecule has 0 aliphatic carbocycles. The predicted molar refractivity (Wildman–Crippen MR) is 53.5 cm³/mol. The summed E-state index contributed by atoms with van der Waals surface area (Å²) in [5.41, 5.74) is 0.192. The van der Waals surface area contributed by atoms with E-state index in [1.807, 2.05) is 0 Å². The number of alkyl halides is 1. The summed E-state index contributed by atoms with van der Waals surface area (Å²) in [6.07, 6.45) is 0. The highest BCUT2D eigenvalue weighted by molar-refractivity contribution is 5.38. The zero-order valence-corrected chi connectivity index (χ0v) is 8.85. The molecular formula is C11H13FN2. The molecule has 0 N–H and O–H groups in total. The molecule has 0 unspecified atom stereocenters. The molecule has 0 amide bonds. The highest BCUT2D eigenvalue weighted by atomic mass is 19.1. The standard InChI is InChI=1S/C11H13FN2/c1-5-6-10-9(11(3,4)12)7-8(2)13-14-10/h7H,1-4H3. The number of halogens is 1. The van der Waals surface area contributed by atoms with Gasteiger partial charge in [0.15, 0.2) is 0 Å². The van der Waals surface area contributed by atoms with Gasteiger partial charge in [0.2, 0.25) is 0 Å². The van der Waals surface area contributed by atoms with Gasteiger partial charge in [-0.15, -0.1) is 5.10 Å². The van der Waals surface area contributed by atoms with Crippen LogP contribution in [0.15, 0.2) is 6.07 Å². The summed E-state index contributed by atoms with van der Waals surface area (Å²) >= 11 is 0. The lowest BCUT2D eigenvalue weighted by Gasteiger charge is -2.15. The quantitative estimate of drug-likeness (QED) is 0.638. The maximum absolute atomic E-state index is 13.7. The molecule has 0 bridgehead atoms. The van der Waals surface area contributed by atoms with Crippen molar-refractivity contribution >= 4 is 0 Å². The van der Waals surface area contributed by atoms with Crippen LogP contribution in [0.5, 0.6) is 0 Å². The number of aryl methyl sites for hydroxylation is 1. The molecule has 1 aromatic heterocycles. The van der Waals surface area contributed by atoms with Crippen molar-refractivity contribution in [3.63, 3.8) is 0 Å². The summed E-state index contributed by atoms with van der Waals surface area (Å²) in [6.45, 7) is 6.45. The minimum Gasteiger partial charge on any atom is -0.239 e. The molecule has 1 rings (SSSR count). The largest absolute Gasteiger partial charge is 0.239 e. The van der Waals surface area contributed by atoms with E-state index in [0.29, 0.717) is 17.0 Å².